The van der Waals surface area contributed by atoms with Crippen LogP contribution in [0.25, 0.3) is 0 Å². The highest BCUT2D eigenvalue weighted by Gasteiger charge is 2.10. The van der Waals surface area contributed by atoms with Crippen LogP contribution < -0.4 is 0 Å². The van der Waals surface area contributed by atoms with Crippen LogP contribution in [-0.2, 0) is 4.57 Å². The van der Waals surface area contributed by atoms with E-state index in [0.717, 1.165) is 0 Å². The van der Waals surface area contributed by atoms with Crippen LogP contribution >= 0.6 is 8.25 Å². The maximum absolute atomic E-state index is 12.0. The summed E-state index contributed by atoms with van der Waals surface area (Å²) in [7, 11) is -3.13. The van der Waals surface area contributed by atoms with Gasteiger partial charge in [-0.2, -0.15) is 0 Å². The standard InChI is InChI=1S/C13H9NO3.H3O3P/c15-13(10-4-2-1-3-5-10)11-6-8-12(9-7-11)14(16)17;1-4(2)3/h1-9H;4H,(H2,1,2,3). The fourth-order valence-electron chi connectivity index (χ4n) is 1.49. The van der Waals surface area contributed by atoms with Gasteiger partial charge in [-0.3, -0.25) is 19.5 Å². The highest BCUT2D eigenvalue weighted by atomic mass is 31.1. The Bertz CT molecular complexity index is 637. The van der Waals surface area contributed by atoms with Crippen molar-refractivity contribution in [3.63, 3.8) is 0 Å². The van der Waals surface area contributed by atoms with E-state index in [-0.39, 0.29) is 11.5 Å². The van der Waals surface area contributed by atoms with Gasteiger partial charge in [-0.05, 0) is 12.1 Å². The van der Waals surface area contributed by atoms with Crippen molar-refractivity contribution < 1.29 is 24.1 Å². The molecule has 0 saturated carbocycles. The summed E-state index contributed by atoms with van der Waals surface area (Å²) < 4.78 is 8.74. The number of rotatable bonds is 3. The van der Waals surface area contributed by atoms with Gasteiger partial charge in [0, 0.05) is 23.3 Å². The molecule has 110 valence electrons. The maximum Gasteiger partial charge on any atom is 0.314 e. The van der Waals surface area contributed by atoms with Crippen LogP contribution in [0.15, 0.2) is 54.6 Å². The van der Waals surface area contributed by atoms with Crippen LogP contribution in [0.2, 0.25) is 0 Å². The molecule has 0 bridgehead atoms. The first kappa shape index (κ1) is 16.7. The summed E-state index contributed by atoms with van der Waals surface area (Å²) in [6.45, 7) is 0. The van der Waals surface area contributed by atoms with Crippen LogP contribution in [0.3, 0.4) is 0 Å². The summed E-state index contributed by atoms with van der Waals surface area (Å²) in [5.74, 6) is -0.138. The molecule has 7 nitrogen and oxygen atoms in total. The van der Waals surface area contributed by atoms with Gasteiger partial charge >= 0.3 is 8.25 Å². The number of ketones is 1. The number of nitro benzene ring substituents is 1. The lowest BCUT2D eigenvalue weighted by molar-refractivity contribution is -0.384. The van der Waals surface area contributed by atoms with E-state index < -0.39 is 13.2 Å². The van der Waals surface area contributed by atoms with Gasteiger partial charge in [0.05, 0.1) is 4.92 Å². The van der Waals surface area contributed by atoms with E-state index in [1.54, 1.807) is 24.3 Å². The molecule has 0 aliphatic carbocycles. The van der Waals surface area contributed by atoms with Gasteiger partial charge in [-0.25, -0.2) is 0 Å². The Balaban J connectivity index is 0.000000491. The topological polar surface area (TPSA) is 118 Å². The quantitative estimate of drug-likeness (QED) is 0.388. The predicted octanol–water partition coefficient (Wildman–Crippen LogP) is 2.19. The second kappa shape index (κ2) is 8.06. The Hall–Kier alpha value is -2.34. The molecule has 21 heavy (non-hydrogen) atoms. The molecular weight excluding hydrogens is 297 g/mol. The predicted molar refractivity (Wildman–Crippen MR) is 76.4 cm³/mol. The minimum Gasteiger partial charge on any atom is -0.326 e. The highest BCUT2D eigenvalue weighted by molar-refractivity contribution is 7.30. The molecule has 0 spiro atoms. The van der Waals surface area contributed by atoms with Gasteiger partial charge in [0.25, 0.3) is 5.69 Å². The summed E-state index contributed by atoms with van der Waals surface area (Å²) in [5.41, 5.74) is 0.998. The minimum absolute atomic E-state index is 0.0189. The molecule has 8 heteroatoms. The third-order valence-corrected chi connectivity index (χ3v) is 2.38. The highest BCUT2D eigenvalue weighted by Crippen LogP contribution is 2.15. The Kier molecular flexibility index (Phi) is 6.42. The first-order chi connectivity index (χ1) is 9.91. The van der Waals surface area contributed by atoms with Crippen molar-refractivity contribution in [1.82, 2.24) is 0 Å². The van der Waals surface area contributed by atoms with E-state index in [2.05, 4.69) is 0 Å². The summed E-state index contributed by atoms with van der Waals surface area (Å²) >= 11 is 0. The van der Waals surface area contributed by atoms with E-state index in [1.165, 1.54) is 24.3 Å². The molecule has 0 aromatic heterocycles. The average molecular weight is 309 g/mol. The van der Waals surface area contributed by atoms with Gasteiger partial charge in [-0.1, -0.05) is 30.3 Å². The molecule has 0 atom stereocenters. The van der Waals surface area contributed by atoms with E-state index >= 15 is 0 Å². The van der Waals surface area contributed by atoms with Gasteiger partial charge in [0.15, 0.2) is 5.78 Å². The summed E-state index contributed by atoms with van der Waals surface area (Å²) in [6.07, 6.45) is 0. The van der Waals surface area contributed by atoms with Crippen LogP contribution in [0.5, 0.6) is 0 Å². The van der Waals surface area contributed by atoms with Crippen molar-refractivity contribution in [2.45, 2.75) is 0 Å². The number of hydrogen-bond acceptors (Lipinski definition) is 4. The number of benzene rings is 2. The Morgan fingerprint density at radius 2 is 1.38 bits per heavy atom. The smallest absolute Gasteiger partial charge is 0.314 e. The Morgan fingerprint density at radius 1 is 0.952 bits per heavy atom. The zero-order valence-electron chi connectivity index (χ0n) is 10.7. The fraction of sp³-hybridized carbons (Fsp3) is 0. The average Bonchev–Trinajstić information content (AvgIpc) is 2.47. The van der Waals surface area contributed by atoms with Crippen molar-refractivity contribution >= 4 is 19.7 Å². The van der Waals surface area contributed by atoms with E-state index in [1.807, 2.05) is 6.07 Å². The first-order valence-corrected chi connectivity index (χ1v) is 6.98. The van der Waals surface area contributed by atoms with Crippen molar-refractivity contribution in [2.24, 2.45) is 0 Å². The normalized spacial score (nSPS) is 9.67. The number of carbonyl (C=O) groups is 1. The van der Waals surface area contributed by atoms with Gasteiger partial charge in [0.1, 0.15) is 0 Å². The lowest BCUT2D eigenvalue weighted by Crippen LogP contribution is -2.00. The van der Waals surface area contributed by atoms with Gasteiger partial charge < -0.3 is 9.79 Å². The fourth-order valence-corrected chi connectivity index (χ4v) is 1.49. The van der Waals surface area contributed by atoms with E-state index in [0.29, 0.717) is 11.1 Å². The van der Waals surface area contributed by atoms with Crippen LogP contribution in [0.1, 0.15) is 15.9 Å². The zero-order chi connectivity index (χ0) is 15.8. The van der Waals surface area contributed by atoms with Crippen molar-refractivity contribution in [3.8, 4) is 0 Å². The summed E-state index contributed by atoms with van der Waals surface area (Å²) in [5, 5.41) is 10.5. The number of nitro groups is 1. The molecule has 0 aliphatic rings. The second-order valence-corrected chi connectivity index (χ2v) is 4.35. The number of non-ortho nitro benzene ring substituents is 1. The van der Waals surface area contributed by atoms with E-state index in [9.17, 15) is 14.9 Å². The zero-order valence-corrected chi connectivity index (χ0v) is 11.7. The Morgan fingerprint density at radius 3 is 1.81 bits per heavy atom. The molecule has 0 amide bonds. The molecule has 0 aliphatic heterocycles. The van der Waals surface area contributed by atoms with Gasteiger partial charge in [-0.15, -0.1) is 0 Å². The Labute approximate surface area is 120 Å². The SMILES string of the molecule is O=C(c1ccccc1)c1ccc([N+](=O)[O-])cc1.O=[PH](O)O. The monoisotopic (exact) mass is 309 g/mol. The molecule has 2 rings (SSSR count). The van der Waals surface area contributed by atoms with Crippen molar-refractivity contribution in [2.75, 3.05) is 0 Å². The maximum atomic E-state index is 12.0. The lowest BCUT2D eigenvalue weighted by Gasteiger charge is -2.00. The molecular formula is C13H12NO6P. The van der Waals surface area contributed by atoms with Crippen molar-refractivity contribution in [1.29, 1.82) is 0 Å². The first-order valence-electron chi connectivity index (χ1n) is 5.68. The molecule has 2 aromatic carbocycles. The van der Waals surface area contributed by atoms with Crippen LogP contribution in [-0.4, -0.2) is 20.5 Å². The van der Waals surface area contributed by atoms with Crippen LogP contribution in [0, 0.1) is 10.1 Å². The number of hydrogen-bond donors (Lipinski definition) is 2. The van der Waals surface area contributed by atoms with E-state index in [4.69, 9.17) is 14.4 Å². The van der Waals surface area contributed by atoms with Gasteiger partial charge in [0.2, 0.25) is 0 Å². The molecule has 0 saturated heterocycles. The molecule has 0 unspecified atom stereocenters. The molecule has 2 aromatic rings. The van der Waals surface area contributed by atoms with Crippen molar-refractivity contribution in [3.05, 3.63) is 75.8 Å². The largest absolute Gasteiger partial charge is 0.326 e. The third kappa shape index (κ3) is 5.66. The molecule has 0 fully saturated rings. The third-order valence-electron chi connectivity index (χ3n) is 2.38. The molecule has 0 heterocycles. The summed E-state index contributed by atoms with van der Waals surface area (Å²) in [4.78, 5) is 36.3. The lowest BCUT2D eigenvalue weighted by atomic mass is 10.0. The molecule has 2 N–H and O–H groups in total. The second-order valence-electron chi connectivity index (χ2n) is 3.78. The summed E-state index contributed by atoms with van der Waals surface area (Å²) in [6, 6.07) is 14.4. The number of carbonyl (C=O) groups excluding carboxylic acids is 1. The molecule has 0 radical (unpaired) electrons. The minimum atomic E-state index is -3.13. The van der Waals surface area contributed by atoms with Crippen LogP contribution in [0.4, 0.5) is 5.69 Å². The number of nitrogens with zero attached hydrogens (tertiary/aromatic N) is 1.